The SMILES string of the molecule is O=C(O)c1nc(C2CCCCNC2)n2cc(O)ccc12. The minimum absolute atomic E-state index is 0.0456. The molecule has 0 bridgehead atoms. The van der Waals surface area contributed by atoms with Crippen molar-refractivity contribution in [3.8, 4) is 5.75 Å². The number of carboxylic acid groups (broad SMARTS) is 1. The highest BCUT2D eigenvalue weighted by atomic mass is 16.4. The second kappa shape index (κ2) is 5.13. The van der Waals surface area contributed by atoms with Crippen molar-refractivity contribution in [3.63, 3.8) is 0 Å². The maximum absolute atomic E-state index is 11.3. The van der Waals surface area contributed by atoms with Crippen LogP contribution in [0.15, 0.2) is 18.3 Å². The van der Waals surface area contributed by atoms with Crippen LogP contribution in [0.5, 0.6) is 5.75 Å². The number of carbonyl (C=O) groups is 1. The van der Waals surface area contributed by atoms with Crippen LogP contribution < -0.4 is 5.32 Å². The largest absolute Gasteiger partial charge is 0.506 e. The monoisotopic (exact) mass is 275 g/mol. The van der Waals surface area contributed by atoms with Crippen LogP contribution in [0.4, 0.5) is 0 Å². The molecule has 0 spiro atoms. The predicted octanol–water partition coefficient (Wildman–Crippen LogP) is 1.60. The fraction of sp³-hybridized carbons (Fsp3) is 0.429. The fourth-order valence-corrected chi connectivity index (χ4v) is 2.78. The van der Waals surface area contributed by atoms with Crippen molar-refractivity contribution in [2.24, 2.45) is 0 Å². The lowest BCUT2D eigenvalue weighted by molar-refractivity contribution is 0.0693. The van der Waals surface area contributed by atoms with Crippen LogP contribution in [0, 0.1) is 0 Å². The Bertz CT molecular complexity index is 642. The molecule has 20 heavy (non-hydrogen) atoms. The van der Waals surface area contributed by atoms with Gasteiger partial charge in [-0.15, -0.1) is 0 Å². The van der Waals surface area contributed by atoms with E-state index in [4.69, 9.17) is 0 Å². The molecule has 3 rings (SSSR count). The van der Waals surface area contributed by atoms with E-state index >= 15 is 0 Å². The minimum atomic E-state index is -1.04. The lowest BCUT2D eigenvalue weighted by Gasteiger charge is -2.13. The number of nitrogens with one attached hydrogen (secondary N) is 1. The van der Waals surface area contributed by atoms with Crippen LogP contribution in [0.2, 0.25) is 0 Å². The Hall–Kier alpha value is -2.08. The van der Waals surface area contributed by atoms with Gasteiger partial charge in [-0.2, -0.15) is 0 Å². The third kappa shape index (κ3) is 2.22. The molecule has 0 amide bonds. The number of aromatic carboxylic acids is 1. The van der Waals surface area contributed by atoms with E-state index in [2.05, 4.69) is 10.3 Å². The first-order valence-electron chi connectivity index (χ1n) is 6.82. The second-order valence-electron chi connectivity index (χ2n) is 5.16. The number of nitrogens with zero attached hydrogens (tertiary/aromatic N) is 2. The van der Waals surface area contributed by atoms with Crippen molar-refractivity contribution >= 4 is 11.5 Å². The molecule has 3 N–H and O–H groups in total. The van der Waals surface area contributed by atoms with Gasteiger partial charge in [0.2, 0.25) is 0 Å². The van der Waals surface area contributed by atoms with Gasteiger partial charge in [0.25, 0.3) is 0 Å². The van der Waals surface area contributed by atoms with Gasteiger partial charge < -0.3 is 15.5 Å². The Morgan fingerprint density at radius 3 is 3.05 bits per heavy atom. The lowest BCUT2D eigenvalue weighted by atomic mass is 10.0. The number of pyridine rings is 1. The van der Waals surface area contributed by atoms with Gasteiger partial charge in [-0.05, 0) is 31.5 Å². The molecule has 2 aromatic rings. The van der Waals surface area contributed by atoms with Gasteiger partial charge in [0.05, 0.1) is 11.7 Å². The highest BCUT2D eigenvalue weighted by molar-refractivity contribution is 5.93. The summed E-state index contributed by atoms with van der Waals surface area (Å²) in [4.78, 5) is 15.6. The van der Waals surface area contributed by atoms with Crippen molar-refractivity contribution in [2.45, 2.75) is 25.2 Å². The van der Waals surface area contributed by atoms with Gasteiger partial charge in [-0.1, -0.05) is 6.42 Å². The molecule has 1 atom stereocenters. The van der Waals surface area contributed by atoms with Crippen molar-refractivity contribution in [1.29, 1.82) is 0 Å². The zero-order valence-electron chi connectivity index (χ0n) is 11.0. The molecule has 1 fully saturated rings. The molecule has 0 radical (unpaired) electrons. The molecule has 0 aliphatic carbocycles. The van der Waals surface area contributed by atoms with E-state index in [1.807, 2.05) is 0 Å². The molecule has 1 unspecified atom stereocenters. The van der Waals surface area contributed by atoms with Crippen LogP contribution in [-0.4, -0.2) is 38.7 Å². The average Bonchev–Trinajstić information content (AvgIpc) is 2.60. The first-order chi connectivity index (χ1) is 9.66. The van der Waals surface area contributed by atoms with E-state index in [-0.39, 0.29) is 17.4 Å². The van der Waals surface area contributed by atoms with Crippen molar-refractivity contribution < 1.29 is 15.0 Å². The summed E-state index contributed by atoms with van der Waals surface area (Å²) >= 11 is 0. The molecule has 6 heteroatoms. The van der Waals surface area contributed by atoms with Crippen LogP contribution in [0.1, 0.15) is 41.5 Å². The number of imidazole rings is 1. The average molecular weight is 275 g/mol. The van der Waals surface area contributed by atoms with E-state index < -0.39 is 5.97 Å². The van der Waals surface area contributed by atoms with E-state index in [0.717, 1.165) is 32.4 Å². The standard InChI is InChI=1S/C14H17N3O3/c18-10-4-5-11-12(14(19)20)16-13(17(11)8-10)9-3-1-2-6-15-7-9/h4-5,8-9,15,18H,1-3,6-7H2,(H,19,20). The first-order valence-corrected chi connectivity index (χ1v) is 6.82. The molecule has 106 valence electrons. The maximum atomic E-state index is 11.3. The molecule has 3 heterocycles. The van der Waals surface area contributed by atoms with Gasteiger partial charge in [0.1, 0.15) is 11.6 Å². The molecule has 2 aromatic heterocycles. The third-order valence-electron chi connectivity index (χ3n) is 3.76. The highest BCUT2D eigenvalue weighted by Gasteiger charge is 2.23. The minimum Gasteiger partial charge on any atom is -0.506 e. The number of rotatable bonds is 2. The fourth-order valence-electron chi connectivity index (χ4n) is 2.78. The zero-order valence-corrected chi connectivity index (χ0v) is 11.0. The van der Waals surface area contributed by atoms with Gasteiger partial charge >= 0.3 is 5.97 Å². The summed E-state index contributed by atoms with van der Waals surface area (Å²) in [6.07, 6.45) is 4.72. The summed E-state index contributed by atoms with van der Waals surface area (Å²) in [7, 11) is 0. The second-order valence-corrected chi connectivity index (χ2v) is 5.16. The zero-order chi connectivity index (χ0) is 14.1. The van der Waals surface area contributed by atoms with Gasteiger partial charge in [-0.25, -0.2) is 9.78 Å². The summed E-state index contributed by atoms with van der Waals surface area (Å²) < 4.78 is 1.70. The van der Waals surface area contributed by atoms with Gasteiger partial charge in [-0.3, -0.25) is 4.40 Å². The topological polar surface area (TPSA) is 86.9 Å². The Morgan fingerprint density at radius 2 is 2.25 bits per heavy atom. The van der Waals surface area contributed by atoms with E-state index in [1.165, 1.54) is 12.3 Å². The molecule has 1 saturated heterocycles. The van der Waals surface area contributed by atoms with Gasteiger partial charge in [0.15, 0.2) is 5.69 Å². The Balaban J connectivity index is 2.13. The van der Waals surface area contributed by atoms with Crippen molar-refractivity contribution in [1.82, 2.24) is 14.7 Å². The quantitative estimate of drug-likeness (QED) is 0.775. The third-order valence-corrected chi connectivity index (χ3v) is 3.76. The molecular formula is C14H17N3O3. The normalized spacial score (nSPS) is 19.9. The Kier molecular flexibility index (Phi) is 3.31. The maximum Gasteiger partial charge on any atom is 0.356 e. The van der Waals surface area contributed by atoms with Crippen LogP contribution >= 0.6 is 0 Å². The predicted molar refractivity (Wildman–Crippen MR) is 73.3 cm³/mol. The first kappa shape index (κ1) is 12.9. The van der Waals surface area contributed by atoms with Crippen molar-refractivity contribution in [2.75, 3.05) is 13.1 Å². The molecule has 1 aliphatic heterocycles. The number of aromatic nitrogens is 2. The molecule has 6 nitrogen and oxygen atoms in total. The molecular weight excluding hydrogens is 258 g/mol. The lowest BCUT2D eigenvalue weighted by Crippen LogP contribution is -2.20. The smallest absolute Gasteiger partial charge is 0.356 e. The van der Waals surface area contributed by atoms with E-state index in [9.17, 15) is 15.0 Å². The Morgan fingerprint density at radius 1 is 1.40 bits per heavy atom. The Labute approximate surface area is 116 Å². The number of hydrogen-bond donors (Lipinski definition) is 3. The van der Waals surface area contributed by atoms with Crippen LogP contribution in [0.3, 0.4) is 0 Å². The summed E-state index contributed by atoms with van der Waals surface area (Å²) in [6.45, 7) is 1.77. The summed E-state index contributed by atoms with van der Waals surface area (Å²) in [5, 5.41) is 22.3. The molecule has 0 saturated carbocycles. The number of hydrogen-bond acceptors (Lipinski definition) is 4. The summed E-state index contributed by atoms with van der Waals surface area (Å²) in [6, 6.07) is 3.08. The van der Waals surface area contributed by atoms with E-state index in [0.29, 0.717) is 11.3 Å². The number of carboxylic acids is 1. The van der Waals surface area contributed by atoms with Crippen LogP contribution in [0.25, 0.3) is 5.52 Å². The molecule has 1 aliphatic rings. The molecule has 0 aromatic carbocycles. The van der Waals surface area contributed by atoms with E-state index in [1.54, 1.807) is 10.5 Å². The number of aromatic hydroxyl groups is 1. The van der Waals surface area contributed by atoms with Crippen LogP contribution in [-0.2, 0) is 0 Å². The van der Waals surface area contributed by atoms with Gasteiger partial charge in [0, 0.05) is 12.5 Å². The summed E-state index contributed by atoms with van der Waals surface area (Å²) in [5.74, 6) is -0.0571. The number of fused-ring (bicyclic) bond motifs is 1. The van der Waals surface area contributed by atoms with Crippen molar-refractivity contribution in [3.05, 3.63) is 29.8 Å². The summed E-state index contributed by atoms with van der Waals surface area (Å²) in [5.41, 5.74) is 0.568. The highest BCUT2D eigenvalue weighted by Crippen LogP contribution is 2.27.